The molecule has 2 aromatic carbocycles. The van der Waals surface area contributed by atoms with E-state index in [4.69, 9.17) is 9.47 Å². The molecule has 0 heterocycles. The zero-order valence-electron chi connectivity index (χ0n) is 13.2. The van der Waals surface area contributed by atoms with Gasteiger partial charge in [-0.3, -0.25) is 0 Å². The van der Waals surface area contributed by atoms with Gasteiger partial charge in [-0.15, -0.1) is 0 Å². The first kappa shape index (κ1) is 15.8. The van der Waals surface area contributed by atoms with Gasteiger partial charge in [0.2, 0.25) is 0 Å². The minimum Gasteiger partial charge on any atom is -0.488 e. The van der Waals surface area contributed by atoms with Gasteiger partial charge in [-0.2, -0.15) is 0 Å². The van der Waals surface area contributed by atoms with E-state index < -0.39 is 0 Å². The van der Waals surface area contributed by atoms with Crippen LogP contribution in [0.2, 0.25) is 0 Å². The van der Waals surface area contributed by atoms with E-state index >= 15 is 0 Å². The van der Waals surface area contributed by atoms with Crippen molar-refractivity contribution in [3.8, 4) is 5.75 Å². The van der Waals surface area contributed by atoms with Gasteiger partial charge < -0.3 is 9.47 Å². The number of hydrogen-bond acceptors (Lipinski definition) is 3. The lowest BCUT2D eigenvalue weighted by Crippen LogP contribution is -2.06. The minimum atomic E-state index is -0.352. The number of hydrogen-bond donors (Lipinski definition) is 0. The molecule has 2 rings (SSSR count). The highest BCUT2D eigenvalue weighted by molar-refractivity contribution is 5.92. The third kappa shape index (κ3) is 3.55. The molecule has 114 valence electrons. The molecule has 3 heteroatoms. The molecule has 0 bridgehead atoms. The molecule has 3 nitrogen and oxygen atoms in total. The van der Waals surface area contributed by atoms with E-state index in [0.717, 1.165) is 28.0 Å². The van der Waals surface area contributed by atoms with Crippen LogP contribution in [0.15, 0.2) is 49.0 Å². The highest BCUT2D eigenvalue weighted by atomic mass is 16.5. The van der Waals surface area contributed by atoms with E-state index in [-0.39, 0.29) is 5.97 Å². The molecular formula is C19H20O3. The van der Waals surface area contributed by atoms with Crippen molar-refractivity contribution in [2.45, 2.75) is 20.5 Å². The SMILES string of the molecule is C=C(C)c1cc(C(=O)OC)c(C)cc1OCc1ccccc1. The van der Waals surface area contributed by atoms with E-state index in [9.17, 15) is 4.79 Å². The van der Waals surface area contributed by atoms with Crippen LogP contribution in [0, 0.1) is 6.92 Å². The second-order valence-electron chi connectivity index (χ2n) is 5.21. The van der Waals surface area contributed by atoms with Gasteiger partial charge in [-0.1, -0.05) is 36.9 Å². The van der Waals surface area contributed by atoms with Crippen molar-refractivity contribution in [3.05, 3.63) is 71.3 Å². The molecule has 0 N–H and O–H groups in total. The van der Waals surface area contributed by atoms with Crippen LogP contribution >= 0.6 is 0 Å². The Bertz CT molecular complexity index is 687. The first-order valence-corrected chi connectivity index (χ1v) is 7.08. The van der Waals surface area contributed by atoms with Crippen LogP contribution in [0.1, 0.15) is 34.0 Å². The number of carbonyl (C=O) groups is 1. The molecule has 0 amide bonds. The van der Waals surface area contributed by atoms with Crippen molar-refractivity contribution in [2.75, 3.05) is 7.11 Å². The number of ether oxygens (including phenoxy) is 2. The Kier molecular flexibility index (Phi) is 4.99. The van der Waals surface area contributed by atoms with Gasteiger partial charge in [0.15, 0.2) is 0 Å². The smallest absolute Gasteiger partial charge is 0.338 e. The monoisotopic (exact) mass is 296 g/mol. The summed E-state index contributed by atoms with van der Waals surface area (Å²) in [4.78, 5) is 11.8. The molecule has 0 aromatic heterocycles. The van der Waals surface area contributed by atoms with Crippen LogP contribution in [0.25, 0.3) is 5.57 Å². The van der Waals surface area contributed by atoms with Gasteiger partial charge in [-0.05, 0) is 42.7 Å². The van der Waals surface area contributed by atoms with Crippen molar-refractivity contribution >= 4 is 11.5 Å². The minimum absolute atomic E-state index is 0.352. The van der Waals surface area contributed by atoms with Gasteiger partial charge in [0.05, 0.1) is 12.7 Å². The Balaban J connectivity index is 2.32. The van der Waals surface area contributed by atoms with Gasteiger partial charge >= 0.3 is 5.97 Å². The lowest BCUT2D eigenvalue weighted by Gasteiger charge is -2.15. The lowest BCUT2D eigenvalue weighted by molar-refractivity contribution is 0.0600. The highest BCUT2D eigenvalue weighted by Crippen LogP contribution is 2.29. The summed E-state index contributed by atoms with van der Waals surface area (Å²) < 4.78 is 10.7. The van der Waals surface area contributed by atoms with Crippen molar-refractivity contribution in [2.24, 2.45) is 0 Å². The third-order valence-corrected chi connectivity index (χ3v) is 3.43. The maximum absolute atomic E-state index is 11.8. The summed E-state index contributed by atoms with van der Waals surface area (Å²) in [5, 5.41) is 0. The van der Waals surface area contributed by atoms with Crippen LogP contribution in [0.5, 0.6) is 5.75 Å². The fourth-order valence-corrected chi connectivity index (χ4v) is 2.20. The number of methoxy groups -OCH3 is 1. The average Bonchev–Trinajstić information content (AvgIpc) is 2.52. The van der Waals surface area contributed by atoms with Gasteiger partial charge in [-0.25, -0.2) is 4.79 Å². The molecule has 0 aliphatic carbocycles. The maximum Gasteiger partial charge on any atom is 0.338 e. The number of benzene rings is 2. The molecule has 0 saturated carbocycles. The molecule has 0 atom stereocenters. The summed E-state index contributed by atoms with van der Waals surface area (Å²) in [6.07, 6.45) is 0. The summed E-state index contributed by atoms with van der Waals surface area (Å²) in [5.41, 5.74) is 4.10. The van der Waals surface area contributed by atoms with Crippen LogP contribution in [-0.4, -0.2) is 13.1 Å². The Morgan fingerprint density at radius 2 is 1.82 bits per heavy atom. The Morgan fingerprint density at radius 3 is 2.41 bits per heavy atom. The van der Waals surface area contributed by atoms with Gasteiger partial charge in [0.25, 0.3) is 0 Å². The van der Waals surface area contributed by atoms with E-state index in [0.29, 0.717) is 12.2 Å². The lowest BCUT2D eigenvalue weighted by atomic mass is 10.00. The molecule has 0 fully saturated rings. The van der Waals surface area contributed by atoms with E-state index in [1.807, 2.05) is 50.2 Å². The Labute approximate surface area is 131 Å². The van der Waals surface area contributed by atoms with E-state index in [1.165, 1.54) is 7.11 Å². The Morgan fingerprint density at radius 1 is 1.14 bits per heavy atom. The second-order valence-corrected chi connectivity index (χ2v) is 5.21. The molecule has 0 spiro atoms. The predicted octanol–water partition coefficient (Wildman–Crippen LogP) is 4.39. The fourth-order valence-electron chi connectivity index (χ4n) is 2.20. The van der Waals surface area contributed by atoms with Crippen LogP contribution in [-0.2, 0) is 11.3 Å². The molecule has 22 heavy (non-hydrogen) atoms. The zero-order valence-corrected chi connectivity index (χ0v) is 13.2. The first-order valence-electron chi connectivity index (χ1n) is 7.08. The zero-order chi connectivity index (χ0) is 16.1. The van der Waals surface area contributed by atoms with Crippen LogP contribution < -0.4 is 4.74 Å². The second kappa shape index (κ2) is 6.94. The van der Waals surface area contributed by atoms with Crippen molar-refractivity contribution in [3.63, 3.8) is 0 Å². The molecule has 0 aliphatic heterocycles. The van der Waals surface area contributed by atoms with E-state index in [2.05, 4.69) is 6.58 Å². The van der Waals surface area contributed by atoms with Gasteiger partial charge in [0, 0.05) is 5.56 Å². The summed E-state index contributed by atoms with van der Waals surface area (Å²) in [5.74, 6) is 0.371. The quantitative estimate of drug-likeness (QED) is 0.767. The first-order chi connectivity index (χ1) is 10.5. The predicted molar refractivity (Wildman–Crippen MR) is 88.0 cm³/mol. The summed E-state index contributed by atoms with van der Waals surface area (Å²) in [6, 6.07) is 13.6. The van der Waals surface area contributed by atoms with Crippen molar-refractivity contribution < 1.29 is 14.3 Å². The molecule has 2 aromatic rings. The number of carbonyl (C=O) groups excluding carboxylic acids is 1. The van der Waals surface area contributed by atoms with Crippen LogP contribution in [0.4, 0.5) is 0 Å². The third-order valence-electron chi connectivity index (χ3n) is 3.43. The largest absolute Gasteiger partial charge is 0.488 e. The Hall–Kier alpha value is -2.55. The summed E-state index contributed by atoms with van der Waals surface area (Å²) >= 11 is 0. The van der Waals surface area contributed by atoms with Crippen molar-refractivity contribution in [1.29, 1.82) is 0 Å². The van der Waals surface area contributed by atoms with Gasteiger partial charge in [0.1, 0.15) is 12.4 Å². The molecule has 0 radical (unpaired) electrons. The molecular weight excluding hydrogens is 276 g/mol. The number of esters is 1. The molecule has 0 saturated heterocycles. The standard InChI is InChI=1S/C19H20O3/c1-13(2)16-11-17(19(20)21-4)14(3)10-18(16)22-12-15-8-6-5-7-9-15/h5-11H,1,12H2,2-4H3. The fraction of sp³-hybridized carbons (Fsp3) is 0.211. The molecule has 0 unspecified atom stereocenters. The number of allylic oxidation sites excluding steroid dienone is 1. The van der Waals surface area contributed by atoms with Crippen molar-refractivity contribution in [1.82, 2.24) is 0 Å². The average molecular weight is 296 g/mol. The number of rotatable bonds is 5. The maximum atomic E-state index is 11.8. The number of aryl methyl sites for hydroxylation is 1. The highest BCUT2D eigenvalue weighted by Gasteiger charge is 2.15. The summed E-state index contributed by atoms with van der Waals surface area (Å²) in [7, 11) is 1.38. The molecule has 0 aliphatic rings. The van der Waals surface area contributed by atoms with Crippen LogP contribution in [0.3, 0.4) is 0 Å². The van der Waals surface area contributed by atoms with E-state index in [1.54, 1.807) is 6.07 Å². The topological polar surface area (TPSA) is 35.5 Å². The normalized spacial score (nSPS) is 10.1. The summed E-state index contributed by atoms with van der Waals surface area (Å²) in [6.45, 7) is 8.19.